The SMILES string of the molecule is CCc1ccc2c(c1)c(Cl)nn2C(C)C. The number of hydrogen-bond donors (Lipinski definition) is 0. The van der Waals surface area contributed by atoms with Crippen LogP contribution in [0.2, 0.25) is 5.15 Å². The number of fused-ring (bicyclic) bond motifs is 1. The molecule has 0 aliphatic carbocycles. The molecule has 0 bridgehead atoms. The Kier molecular flexibility index (Phi) is 2.70. The van der Waals surface area contributed by atoms with Gasteiger partial charge in [-0.25, -0.2) is 0 Å². The lowest BCUT2D eigenvalue weighted by molar-refractivity contribution is 0.551. The summed E-state index contributed by atoms with van der Waals surface area (Å²) in [7, 11) is 0. The van der Waals surface area contributed by atoms with E-state index in [0.29, 0.717) is 11.2 Å². The second-order valence-electron chi connectivity index (χ2n) is 4.03. The molecule has 0 unspecified atom stereocenters. The summed E-state index contributed by atoms with van der Waals surface area (Å²) in [5.41, 5.74) is 2.42. The quantitative estimate of drug-likeness (QED) is 0.755. The summed E-state index contributed by atoms with van der Waals surface area (Å²) >= 11 is 6.12. The van der Waals surface area contributed by atoms with Gasteiger partial charge in [-0.1, -0.05) is 24.6 Å². The Morgan fingerprint density at radius 3 is 2.73 bits per heavy atom. The van der Waals surface area contributed by atoms with Crippen LogP contribution in [-0.4, -0.2) is 9.78 Å². The summed E-state index contributed by atoms with van der Waals surface area (Å²) in [5.74, 6) is 0. The summed E-state index contributed by atoms with van der Waals surface area (Å²) in [6.07, 6.45) is 1.03. The Balaban J connectivity index is 2.69. The fourth-order valence-corrected chi connectivity index (χ4v) is 2.00. The highest BCUT2D eigenvalue weighted by Crippen LogP contribution is 2.26. The molecule has 0 fully saturated rings. The van der Waals surface area contributed by atoms with Gasteiger partial charge >= 0.3 is 0 Å². The number of benzene rings is 1. The van der Waals surface area contributed by atoms with Crippen LogP contribution in [-0.2, 0) is 6.42 Å². The normalized spacial score (nSPS) is 11.5. The molecule has 1 aromatic heterocycles. The summed E-state index contributed by atoms with van der Waals surface area (Å²) in [6.45, 7) is 6.36. The van der Waals surface area contributed by atoms with Crippen LogP contribution in [0.4, 0.5) is 0 Å². The van der Waals surface area contributed by atoms with Crippen LogP contribution in [0.3, 0.4) is 0 Å². The number of nitrogens with zero attached hydrogens (tertiary/aromatic N) is 2. The zero-order chi connectivity index (χ0) is 11.0. The highest BCUT2D eigenvalue weighted by molar-refractivity contribution is 6.34. The second kappa shape index (κ2) is 3.86. The molecule has 3 heteroatoms. The van der Waals surface area contributed by atoms with Crippen LogP contribution in [0.25, 0.3) is 10.9 Å². The number of aryl methyl sites for hydroxylation is 1. The van der Waals surface area contributed by atoms with Gasteiger partial charge in [0.1, 0.15) is 0 Å². The number of hydrogen-bond acceptors (Lipinski definition) is 1. The third kappa shape index (κ3) is 1.74. The molecule has 0 saturated carbocycles. The van der Waals surface area contributed by atoms with E-state index in [1.54, 1.807) is 0 Å². The molecule has 0 radical (unpaired) electrons. The maximum atomic E-state index is 6.12. The van der Waals surface area contributed by atoms with Crippen molar-refractivity contribution in [3.8, 4) is 0 Å². The van der Waals surface area contributed by atoms with E-state index in [4.69, 9.17) is 11.6 Å². The third-order valence-electron chi connectivity index (χ3n) is 2.62. The van der Waals surface area contributed by atoms with Gasteiger partial charge in [0.15, 0.2) is 5.15 Å². The van der Waals surface area contributed by atoms with E-state index in [0.717, 1.165) is 17.3 Å². The van der Waals surface area contributed by atoms with Crippen LogP contribution in [0.5, 0.6) is 0 Å². The number of rotatable bonds is 2. The van der Waals surface area contributed by atoms with Crippen LogP contribution < -0.4 is 0 Å². The zero-order valence-corrected chi connectivity index (χ0v) is 10.0. The van der Waals surface area contributed by atoms with E-state index in [9.17, 15) is 0 Å². The van der Waals surface area contributed by atoms with Crippen LogP contribution in [0.15, 0.2) is 18.2 Å². The third-order valence-corrected chi connectivity index (χ3v) is 2.90. The Morgan fingerprint density at radius 2 is 2.13 bits per heavy atom. The summed E-state index contributed by atoms with van der Waals surface area (Å²) < 4.78 is 1.97. The highest BCUT2D eigenvalue weighted by Gasteiger charge is 2.10. The molecule has 0 spiro atoms. The van der Waals surface area contributed by atoms with E-state index in [1.165, 1.54) is 5.56 Å². The highest BCUT2D eigenvalue weighted by atomic mass is 35.5. The standard InChI is InChI=1S/C12H15ClN2/c1-4-9-5-6-11-10(7-9)12(13)14-15(11)8(2)3/h5-8H,4H2,1-3H3. The molecule has 2 aromatic rings. The molecule has 1 heterocycles. The van der Waals surface area contributed by atoms with Crippen molar-refractivity contribution in [2.75, 3.05) is 0 Å². The van der Waals surface area contributed by atoms with Crippen molar-refractivity contribution in [2.24, 2.45) is 0 Å². The van der Waals surface area contributed by atoms with Gasteiger partial charge in [0.25, 0.3) is 0 Å². The van der Waals surface area contributed by atoms with Crippen molar-refractivity contribution in [3.05, 3.63) is 28.9 Å². The molecular weight excluding hydrogens is 208 g/mol. The molecule has 80 valence electrons. The lowest BCUT2D eigenvalue weighted by Gasteiger charge is -2.06. The first-order valence-corrected chi connectivity index (χ1v) is 5.68. The first-order chi connectivity index (χ1) is 7.13. The largest absolute Gasteiger partial charge is 0.261 e. The first-order valence-electron chi connectivity index (χ1n) is 5.30. The Labute approximate surface area is 94.8 Å². The van der Waals surface area contributed by atoms with Gasteiger partial charge in [-0.3, -0.25) is 4.68 Å². The average Bonchev–Trinajstić information content (AvgIpc) is 2.56. The van der Waals surface area contributed by atoms with Gasteiger partial charge in [0, 0.05) is 11.4 Å². The van der Waals surface area contributed by atoms with E-state index >= 15 is 0 Å². The van der Waals surface area contributed by atoms with Crippen LogP contribution in [0.1, 0.15) is 32.4 Å². The number of halogens is 1. The first kappa shape index (κ1) is 10.5. The Morgan fingerprint density at radius 1 is 1.40 bits per heavy atom. The smallest absolute Gasteiger partial charge is 0.158 e. The molecule has 2 rings (SSSR count). The molecule has 0 amide bonds. The molecule has 2 nitrogen and oxygen atoms in total. The van der Waals surface area contributed by atoms with Gasteiger partial charge in [0.2, 0.25) is 0 Å². The van der Waals surface area contributed by atoms with Crippen LogP contribution >= 0.6 is 11.6 Å². The van der Waals surface area contributed by atoms with Gasteiger partial charge in [-0.2, -0.15) is 5.10 Å². The van der Waals surface area contributed by atoms with Crippen molar-refractivity contribution in [2.45, 2.75) is 33.2 Å². The lowest BCUT2D eigenvalue weighted by Crippen LogP contribution is -2.01. The predicted molar refractivity (Wildman–Crippen MR) is 64.5 cm³/mol. The van der Waals surface area contributed by atoms with Crippen molar-refractivity contribution in [3.63, 3.8) is 0 Å². The summed E-state index contributed by atoms with van der Waals surface area (Å²) in [5, 5.41) is 6.01. The Bertz CT molecular complexity index is 486. The molecule has 0 atom stereocenters. The van der Waals surface area contributed by atoms with Gasteiger partial charge in [-0.15, -0.1) is 0 Å². The zero-order valence-electron chi connectivity index (χ0n) is 9.29. The van der Waals surface area contributed by atoms with Crippen molar-refractivity contribution >= 4 is 22.5 Å². The van der Waals surface area contributed by atoms with E-state index in [1.807, 2.05) is 4.68 Å². The molecule has 1 aromatic carbocycles. The minimum atomic E-state index is 0.340. The maximum absolute atomic E-state index is 6.12. The molecule has 0 N–H and O–H groups in total. The molecule has 0 aliphatic rings. The van der Waals surface area contributed by atoms with Crippen molar-refractivity contribution in [1.82, 2.24) is 9.78 Å². The van der Waals surface area contributed by atoms with E-state index in [2.05, 4.69) is 44.1 Å². The fourth-order valence-electron chi connectivity index (χ4n) is 1.76. The molecular formula is C12H15ClN2. The van der Waals surface area contributed by atoms with Gasteiger partial charge < -0.3 is 0 Å². The molecule has 15 heavy (non-hydrogen) atoms. The topological polar surface area (TPSA) is 17.8 Å². The second-order valence-corrected chi connectivity index (χ2v) is 4.39. The minimum Gasteiger partial charge on any atom is -0.261 e. The lowest BCUT2D eigenvalue weighted by atomic mass is 10.1. The summed E-state index contributed by atoms with van der Waals surface area (Å²) in [6, 6.07) is 6.71. The Hall–Kier alpha value is -1.02. The van der Waals surface area contributed by atoms with Crippen LogP contribution in [0, 0.1) is 0 Å². The van der Waals surface area contributed by atoms with Crippen molar-refractivity contribution in [1.29, 1.82) is 0 Å². The average molecular weight is 223 g/mol. The van der Waals surface area contributed by atoms with Gasteiger partial charge in [-0.05, 0) is 38.0 Å². The molecule has 0 saturated heterocycles. The predicted octanol–water partition coefficient (Wildman–Crippen LogP) is 3.83. The van der Waals surface area contributed by atoms with E-state index in [-0.39, 0.29) is 0 Å². The maximum Gasteiger partial charge on any atom is 0.158 e. The minimum absolute atomic E-state index is 0.340. The number of aromatic nitrogens is 2. The van der Waals surface area contributed by atoms with Crippen molar-refractivity contribution < 1.29 is 0 Å². The fraction of sp³-hybridized carbons (Fsp3) is 0.417. The van der Waals surface area contributed by atoms with Gasteiger partial charge in [0.05, 0.1) is 5.52 Å². The molecule has 0 aliphatic heterocycles. The van der Waals surface area contributed by atoms with E-state index < -0.39 is 0 Å². The summed E-state index contributed by atoms with van der Waals surface area (Å²) in [4.78, 5) is 0. The monoisotopic (exact) mass is 222 g/mol.